The Balaban J connectivity index is 2.17. The second-order valence-electron chi connectivity index (χ2n) is 5.63. The zero-order chi connectivity index (χ0) is 15.5. The van der Waals surface area contributed by atoms with Crippen LogP contribution in [0.2, 0.25) is 0 Å². The van der Waals surface area contributed by atoms with Crippen LogP contribution in [-0.4, -0.2) is 30.0 Å². The molecule has 5 heteroatoms. The van der Waals surface area contributed by atoms with Crippen LogP contribution in [0.3, 0.4) is 0 Å². The van der Waals surface area contributed by atoms with E-state index < -0.39 is 5.41 Å². The second-order valence-corrected chi connectivity index (χ2v) is 6.07. The molecule has 1 amide bonds. The Labute approximate surface area is 131 Å². The Morgan fingerprint density at radius 2 is 2.00 bits per heavy atom. The molecule has 1 aromatic rings. The van der Waals surface area contributed by atoms with Gasteiger partial charge in [0.1, 0.15) is 5.75 Å². The lowest BCUT2D eigenvalue weighted by Crippen LogP contribution is -2.47. The molecule has 1 saturated carbocycles. The van der Waals surface area contributed by atoms with Gasteiger partial charge in [-0.15, -0.1) is 0 Å². The predicted molar refractivity (Wildman–Crippen MR) is 87.2 cm³/mol. The maximum atomic E-state index is 12.8. The molecule has 114 valence electrons. The van der Waals surface area contributed by atoms with Crippen LogP contribution < -0.4 is 10.5 Å². The number of amides is 1. The highest BCUT2D eigenvalue weighted by molar-refractivity contribution is 7.80. The van der Waals surface area contributed by atoms with E-state index in [-0.39, 0.29) is 5.91 Å². The van der Waals surface area contributed by atoms with Crippen LogP contribution in [0.15, 0.2) is 24.3 Å². The van der Waals surface area contributed by atoms with Crippen LogP contribution in [0.4, 0.5) is 0 Å². The molecule has 2 rings (SSSR count). The van der Waals surface area contributed by atoms with Crippen LogP contribution in [0.5, 0.6) is 5.75 Å². The fraction of sp³-hybridized carbons (Fsp3) is 0.500. The third-order valence-corrected chi connectivity index (χ3v) is 4.68. The lowest BCUT2D eigenvalue weighted by atomic mass is 9.84. The van der Waals surface area contributed by atoms with E-state index in [0.29, 0.717) is 11.5 Å². The summed E-state index contributed by atoms with van der Waals surface area (Å²) in [7, 11) is 3.43. The number of nitrogens with zero attached hydrogens (tertiary/aromatic N) is 1. The zero-order valence-corrected chi connectivity index (χ0v) is 13.4. The van der Waals surface area contributed by atoms with Gasteiger partial charge in [-0.2, -0.15) is 0 Å². The molecule has 0 atom stereocenters. The Kier molecular flexibility index (Phi) is 4.83. The minimum absolute atomic E-state index is 0.0263. The molecule has 0 unspecified atom stereocenters. The van der Waals surface area contributed by atoms with Crippen molar-refractivity contribution in [3.8, 4) is 5.75 Å². The van der Waals surface area contributed by atoms with Gasteiger partial charge in [0.25, 0.3) is 0 Å². The number of carbonyl (C=O) groups is 1. The molecule has 1 aliphatic rings. The molecule has 0 aliphatic heterocycles. The number of hydrogen-bond donors (Lipinski definition) is 1. The van der Waals surface area contributed by atoms with E-state index in [2.05, 4.69) is 0 Å². The van der Waals surface area contributed by atoms with Crippen molar-refractivity contribution in [2.24, 2.45) is 11.1 Å². The molecule has 21 heavy (non-hydrogen) atoms. The first-order chi connectivity index (χ1) is 10.0. The van der Waals surface area contributed by atoms with Crippen LogP contribution in [0.25, 0.3) is 0 Å². The van der Waals surface area contributed by atoms with Crippen LogP contribution in [0, 0.1) is 5.41 Å². The largest absolute Gasteiger partial charge is 0.496 e. The Morgan fingerprint density at radius 1 is 1.38 bits per heavy atom. The van der Waals surface area contributed by atoms with Gasteiger partial charge in [-0.3, -0.25) is 4.79 Å². The first-order valence-electron chi connectivity index (χ1n) is 7.18. The first kappa shape index (κ1) is 15.8. The van der Waals surface area contributed by atoms with Crippen molar-refractivity contribution >= 4 is 23.1 Å². The summed E-state index contributed by atoms with van der Waals surface area (Å²) in [5.41, 5.74) is 6.21. The van der Waals surface area contributed by atoms with Crippen LogP contribution in [-0.2, 0) is 11.3 Å². The zero-order valence-electron chi connectivity index (χ0n) is 12.6. The normalized spacial score (nSPS) is 16.5. The van der Waals surface area contributed by atoms with E-state index in [1.165, 1.54) is 0 Å². The second kappa shape index (κ2) is 6.43. The van der Waals surface area contributed by atoms with E-state index in [1.807, 2.05) is 24.3 Å². The van der Waals surface area contributed by atoms with Gasteiger partial charge in [0.05, 0.1) is 17.5 Å². The lowest BCUT2D eigenvalue weighted by molar-refractivity contribution is -0.137. The SMILES string of the molecule is COc1ccccc1CN(C)C(=O)C1(C(N)=S)CCCC1. The van der Waals surface area contributed by atoms with E-state index in [1.54, 1.807) is 19.1 Å². The number of para-hydroxylation sites is 1. The highest BCUT2D eigenvalue weighted by Crippen LogP contribution is 2.40. The number of ether oxygens (including phenoxy) is 1. The average Bonchev–Trinajstić information content (AvgIpc) is 2.97. The van der Waals surface area contributed by atoms with Crippen molar-refractivity contribution < 1.29 is 9.53 Å². The van der Waals surface area contributed by atoms with Gasteiger partial charge < -0.3 is 15.4 Å². The number of benzene rings is 1. The summed E-state index contributed by atoms with van der Waals surface area (Å²) >= 11 is 5.18. The molecule has 0 heterocycles. The number of rotatable bonds is 5. The van der Waals surface area contributed by atoms with Gasteiger partial charge in [-0.05, 0) is 18.9 Å². The van der Waals surface area contributed by atoms with Crippen molar-refractivity contribution in [3.05, 3.63) is 29.8 Å². The van der Waals surface area contributed by atoms with E-state index in [9.17, 15) is 4.79 Å². The highest BCUT2D eigenvalue weighted by Gasteiger charge is 2.45. The van der Waals surface area contributed by atoms with Gasteiger partial charge in [-0.25, -0.2) is 0 Å². The monoisotopic (exact) mass is 306 g/mol. The number of nitrogens with two attached hydrogens (primary N) is 1. The summed E-state index contributed by atoms with van der Waals surface area (Å²) in [6.07, 6.45) is 3.53. The number of methoxy groups -OCH3 is 1. The maximum absolute atomic E-state index is 12.8. The summed E-state index contributed by atoms with van der Waals surface area (Å²) < 4.78 is 5.34. The Hall–Kier alpha value is -1.62. The van der Waals surface area contributed by atoms with Crippen molar-refractivity contribution in [2.45, 2.75) is 32.2 Å². The molecule has 2 N–H and O–H groups in total. The number of thiocarbonyl (C=S) groups is 1. The molecule has 1 aliphatic carbocycles. The summed E-state index contributed by atoms with van der Waals surface area (Å²) in [6.45, 7) is 0.493. The Morgan fingerprint density at radius 3 is 2.57 bits per heavy atom. The molecule has 1 aromatic carbocycles. The fourth-order valence-electron chi connectivity index (χ4n) is 3.07. The topological polar surface area (TPSA) is 55.6 Å². The van der Waals surface area contributed by atoms with E-state index in [0.717, 1.165) is 37.0 Å². The molecule has 0 aromatic heterocycles. The summed E-state index contributed by atoms with van der Waals surface area (Å²) in [5, 5.41) is 0. The summed E-state index contributed by atoms with van der Waals surface area (Å²) in [5.74, 6) is 0.811. The Bertz CT molecular complexity index is 539. The molecule has 0 saturated heterocycles. The lowest BCUT2D eigenvalue weighted by Gasteiger charge is -2.31. The average molecular weight is 306 g/mol. The van der Waals surface area contributed by atoms with Gasteiger partial charge in [0, 0.05) is 19.2 Å². The molecule has 1 fully saturated rings. The van der Waals surface area contributed by atoms with Crippen LogP contribution >= 0.6 is 12.2 Å². The molecule has 0 bridgehead atoms. The smallest absolute Gasteiger partial charge is 0.235 e. The molecular weight excluding hydrogens is 284 g/mol. The van der Waals surface area contributed by atoms with E-state index >= 15 is 0 Å². The quantitative estimate of drug-likeness (QED) is 0.849. The fourth-order valence-corrected chi connectivity index (χ4v) is 3.36. The van der Waals surface area contributed by atoms with Gasteiger partial charge in [0.2, 0.25) is 5.91 Å². The van der Waals surface area contributed by atoms with E-state index in [4.69, 9.17) is 22.7 Å². The molecule has 0 radical (unpaired) electrons. The minimum atomic E-state index is -0.647. The third-order valence-electron chi connectivity index (χ3n) is 4.28. The van der Waals surface area contributed by atoms with Crippen molar-refractivity contribution in [2.75, 3.05) is 14.2 Å². The van der Waals surface area contributed by atoms with Crippen molar-refractivity contribution in [1.29, 1.82) is 0 Å². The summed E-state index contributed by atoms with van der Waals surface area (Å²) in [6, 6.07) is 7.71. The standard InChI is InChI=1S/C16H22N2O2S/c1-18(11-12-7-3-4-8-13(12)20-2)15(19)16(14(17)21)9-5-6-10-16/h3-4,7-8H,5-6,9-11H2,1-2H3,(H2,17,21). The van der Waals surface area contributed by atoms with Crippen molar-refractivity contribution in [1.82, 2.24) is 4.90 Å². The third kappa shape index (κ3) is 3.02. The van der Waals surface area contributed by atoms with Gasteiger partial charge in [-0.1, -0.05) is 43.3 Å². The highest BCUT2D eigenvalue weighted by atomic mass is 32.1. The minimum Gasteiger partial charge on any atom is -0.496 e. The maximum Gasteiger partial charge on any atom is 0.235 e. The number of carbonyl (C=O) groups excluding carboxylic acids is 1. The van der Waals surface area contributed by atoms with Gasteiger partial charge in [0.15, 0.2) is 0 Å². The molecule has 4 nitrogen and oxygen atoms in total. The van der Waals surface area contributed by atoms with Crippen molar-refractivity contribution in [3.63, 3.8) is 0 Å². The first-order valence-corrected chi connectivity index (χ1v) is 7.59. The summed E-state index contributed by atoms with van der Waals surface area (Å²) in [4.78, 5) is 14.9. The molecule has 0 spiro atoms. The molecular formula is C16H22N2O2S. The number of hydrogen-bond acceptors (Lipinski definition) is 3. The van der Waals surface area contributed by atoms with Gasteiger partial charge >= 0.3 is 0 Å². The van der Waals surface area contributed by atoms with Crippen LogP contribution in [0.1, 0.15) is 31.2 Å². The predicted octanol–water partition coefficient (Wildman–Crippen LogP) is 2.50.